The lowest BCUT2D eigenvalue weighted by Crippen LogP contribution is -2.31. The number of ketones is 1. The first-order valence-corrected chi connectivity index (χ1v) is 9.75. The maximum absolute atomic E-state index is 12.2. The van der Waals surface area contributed by atoms with Crippen molar-refractivity contribution in [2.75, 3.05) is 13.2 Å². The van der Waals surface area contributed by atoms with Crippen molar-refractivity contribution in [2.24, 2.45) is 0 Å². The Morgan fingerprint density at radius 1 is 0.966 bits per heavy atom. The number of rotatable bonds is 11. The maximum Gasteiger partial charge on any atom is 0.306 e. The first-order valence-electron chi connectivity index (χ1n) is 9.75. The molecule has 0 aliphatic rings. The van der Waals surface area contributed by atoms with Gasteiger partial charge in [-0.05, 0) is 43.2 Å². The number of hydrogen-bond acceptors (Lipinski definition) is 5. The van der Waals surface area contributed by atoms with Gasteiger partial charge in [-0.3, -0.25) is 14.4 Å². The van der Waals surface area contributed by atoms with Gasteiger partial charge in [0.05, 0.1) is 19.1 Å². The minimum atomic E-state index is -0.580. The number of carbonyl (C=O) groups is 3. The zero-order valence-corrected chi connectivity index (χ0v) is 16.9. The Bertz CT molecular complexity index is 802. The molecule has 6 heteroatoms. The summed E-state index contributed by atoms with van der Waals surface area (Å²) in [5, 5.41) is 2.77. The molecule has 0 heterocycles. The van der Waals surface area contributed by atoms with Gasteiger partial charge in [-0.15, -0.1) is 0 Å². The van der Waals surface area contributed by atoms with Gasteiger partial charge in [0, 0.05) is 12.0 Å². The highest BCUT2D eigenvalue weighted by molar-refractivity contribution is 5.97. The molecular formula is C23H27NO5. The molecule has 0 bridgehead atoms. The van der Waals surface area contributed by atoms with Gasteiger partial charge < -0.3 is 14.8 Å². The average Bonchev–Trinajstić information content (AvgIpc) is 2.75. The van der Waals surface area contributed by atoms with E-state index in [2.05, 4.69) is 5.32 Å². The van der Waals surface area contributed by atoms with Crippen LogP contribution in [-0.2, 0) is 14.3 Å². The third-order valence-corrected chi connectivity index (χ3v) is 4.25. The minimum absolute atomic E-state index is 0.0238. The number of benzene rings is 2. The summed E-state index contributed by atoms with van der Waals surface area (Å²) in [4.78, 5) is 36.0. The molecule has 0 fully saturated rings. The number of ether oxygens (including phenoxy) is 2. The van der Waals surface area contributed by atoms with Crippen LogP contribution in [-0.4, -0.2) is 30.9 Å². The van der Waals surface area contributed by atoms with Crippen molar-refractivity contribution in [1.82, 2.24) is 5.32 Å². The lowest BCUT2D eigenvalue weighted by molar-refractivity contribution is -0.148. The highest BCUT2D eigenvalue weighted by Gasteiger charge is 2.14. The normalized spacial score (nSPS) is 11.4. The monoisotopic (exact) mass is 397 g/mol. The summed E-state index contributed by atoms with van der Waals surface area (Å²) >= 11 is 0. The molecule has 154 valence electrons. The summed E-state index contributed by atoms with van der Waals surface area (Å²) in [5.74, 6) is -0.419. The second-order valence-electron chi connectivity index (χ2n) is 6.66. The molecule has 1 amide bonds. The van der Waals surface area contributed by atoms with Gasteiger partial charge >= 0.3 is 5.97 Å². The molecule has 0 saturated heterocycles. The van der Waals surface area contributed by atoms with Crippen LogP contribution in [0, 0.1) is 0 Å². The second kappa shape index (κ2) is 11.6. The predicted octanol–water partition coefficient (Wildman–Crippen LogP) is 3.86. The van der Waals surface area contributed by atoms with Crippen LogP contribution in [0.25, 0.3) is 0 Å². The molecule has 0 saturated carbocycles. The van der Waals surface area contributed by atoms with Crippen LogP contribution >= 0.6 is 0 Å². The smallest absolute Gasteiger partial charge is 0.306 e. The van der Waals surface area contributed by atoms with Crippen LogP contribution in [0.4, 0.5) is 0 Å². The molecule has 2 aromatic rings. The largest absolute Gasteiger partial charge is 0.494 e. The zero-order valence-electron chi connectivity index (χ0n) is 16.9. The highest BCUT2D eigenvalue weighted by atomic mass is 16.5. The van der Waals surface area contributed by atoms with E-state index in [0.29, 0.717) is 17.9 Å². The lowest BCUT2D eigenvalue weighted by Gasteiger charge is -2.14. The van der Waals surface area contributed by atoms with Crippen molar-refractivity contribution >= 4 is 17.7 Å². The molecule has 0 unspecified atom stereocenters. The Kier molecular flexibility index (Phi) is 8.89. The Morgan fingerprint density at radius 3 is 2.31 bits per heavy atom. The number of carbonyl (C=O) groups excluding carboxylic acids is 3. The van der Waals surface area contributed by atoms with Crippen LogP contribution in [0.15, 0.2) is 54.6 Å². The van der Waals surface area contributed by atoms with Crippen molar-refractivity contribution < 1.29 is 23.9 Å². The fourth-order valence-corrected chi connectivity index (χ4v) is 2.64. The quantitative estimate of drug-likeness (QED) is 0.460. The van der Waals surface area contributed by atoms with Gasteiger partial charge in [0.1, 0.15) is 5.75 Å². The number of esters is 1. The summed E-state index contributed by atoms with van der Waals surface area (Å²) in [5.41, 5.74) is 1.47. The fourth-order valence-electron chi connectivity index (χ4n) is 2.64. The van der Waals surface area contributed by atoms with Gasteiger partial charge in [0.25, 0.3) is 5.91 Å². The molecule has 0 spiro atoms. The molecule has 0 radical (unpaired) electrons. The number of hydrogen-bond donors (Lipinski definition) is 1. The molecule has 1 atom stereocenters. The average molecular weight is 397 g/mol. The van der Waals surface area contributed by atoms with E-state index in [0.717, 1.165) is 12.0 Å². The number of Topliss-reactive ketones (excluding diaryl/α,β-unsaturated/α-hetero) is 1. The van der Waals surface area contributed by atoms with Crippen molar-refractivity contribution in [1.29, 1.82) is 0 Å². The Balaban J connectivity index is 1.69. The van der Waals surface area contributed by atoms with E-state index in [1.807, 2.05) is 44.2 Å². The molecule has 1 N–H and O–H groups in total. The van der Waals surface area contributed by atoms with Gasteiger partial charge in [-0.25, -0.2) is 0 Å². The highest BCUT2D eigenvalue weighted by Crippen LogP contribution is 2.15. The summed E-state index contributed by atoms with van der Waals surface area (Å²) in [7, 11) is 0. The van der Waals surface area contributed by atoms with Gasteiger partial charge in [0.15, 0.2) is 12.4 Å². The molecule has 0 aliphatic heterocycles. The Labute approximate surface area is 171 Å². The zero-order chi connectivity index (χ0) is 21.1. The van der Waals surface area contributed by atoms with Crippen molar-refractivity contribution in [3.8, 4) is 5.75 Å². The number of amides is 1. The van der Waals surface area contributed by atoms with E-state index in [4.69, 9.17) is 9.47 Å². The second-order valence-corrected chi connectivity index (χ2v) is 6.66. The predicted molar refractivity (Wildman–Crippen MR) is 110 cm³/mol. The lowest BCUT2D eigenvalue weighted by atomic mass is 10.1. The third-order valence-electron chi connectivity index (χ3n) is 4.25. The van der Waals surface area contributed by atoms with E-state index in [-0.39, 0.29) is 37.2 Å². The summed E-state index contributed by atoms with van der Waals surface area (Å²) < 4.78 is 10.4. The van der Waals surface area contributed by atoms with E-state index < -0.39 is 5.97 Å². The van der Waals surface area contributed by atoms with Crippen molar-refractivity contribution in [3.05, 3.63) is 65.7 Å². The molecule has 29 heavy (non-hydrogen) atoms. The van der Waals surface area contributed by atoms with Crippen LogP contribution < -0.4 is 10.1 Å². The Hall–Kier alpha value is -3.15. The maximum atomic E-state index is 12.2. The summed E-state index contributed by atoms with van der Waals surface area (Å²) in [6.45, 7) is 4.13. The molecule has 0 aromatic heterocycles. The summed E-state index contributed by atoms with van der Waals surface area (Å²) in [6, 6.07) is 16.1. The van der Waals surface area contributed by atoms with E-state index in [9.17, 15) is 14.4 Å². The molecular weight excluding hydrogens is 370 g/mol. The third kappa shape index (κ3) is 7.78. The van der Waals surface area contributed by atoms with Crippen molar-refractivity contribution in [3.63, 3.8) is 0 Å². The van der Waals surface area contributed by atoms with Gasteiger partial charge in [-0.2, -0.15) is 0 Å². The van der Waals surface area contributed by atoms with Crippen LogP contribution in [0.3, 0.4) is 0 Å². The molecule has 2 rings (SSSR count). The molecule has 6 nitrogen and oxygen atoms in total. The van der Waals surface area contributed by atoms with E-state index >= 15 is 0 Å². The van der Waals surface area contributed by atoms with Gasteiger partial charge in [0.2, 0.25) is 0 Å². The van der Waals surface area contributed by atoms with Crippen LogP contribution in [0.5, 0.6) is 5.75 Å². The minimum Gasteiger partial charge on any atom is -0.494 e. The molecule has 2 aromatic carbocycles. The van der Waals surface area contributed by atoms with Gasteiger partial charge in [-0.1, -0.05) is 37.3 Å². The number of nitrogens with one attached hydrogen (secondary N) is 1. The summed E-state index contributed by atoms with van der Waals surface area (Å²) in [6.07, 6.45) is 0.858. The van der Waals surface area contributed by atoms with E-state index in [1.54, 1.807) is 24.3 Å². The Morgan fingerprint density at radius 2 is 1.66 bits per heavy atom. The van der Waals surface area contributed by atoms with Crippen LogP contribution in [0.2, 0.25) is 0 Å². The topological polar surface area (TPSA) is 81.7 Å². The first-order chi connectivity index (χ1) is 14.0. The molecule has 0 aliphatic carbocycles. The van der Waals surface area contributed by atoms with Crippen LogP contribution in [0.1, 0.15) is 55.1 Å². The first kappa shape index (κ1) is 22.1. The SMILES string of the molecule is CCCOc1ccc(C(=O)CCC(=O)OCC(=O)N[C@@H](C)c2ccccc2)cc1. The fraction of sp³-hybridized carbons (Fsp3) is 0.348. The van der Waals surface area contributed by atoms with Crippen molar-refractivity contribution in [2.45, 2.75) is 39.2 Å². The van der Waals surface area contributed by atoms with E-state index in [1.165, 1.54) is 0 Å². The standard InChI is InChI=1S/C23H27NO5/c1-3-15-28-20-11-9-19(10-12-20)21(25)13-14-23(27)29-16-22(26)24-17(2)18-7-5-4-6-8-18/h4-12,17H,3,13-16H2,1-2H3,(H,24,26)/t17-/m0/s1.